The molecule has 0 amide bonds. The minimum absolute atomic E-state index is 0. The number of piperidine rings is 1. The molecule has 0 radical (unpaired) electrons. The van der Waals surface area contributed by atoms with Gasteiger partial charge < -0.3 is 5.32 Å². The lowest BCUT2D eigenvalue weighted by molar-refractivity contribution is 0.251. The summed E-state index contributed by atoms with van der Waals surface area (Å²) in [6.07, 6.45) is 4.07. The van der Waals surface area contributed by atoms with Gasteiger partial charge in [-0.1, -0.05) is 31.5 Å². The second kappa shape index (κ2) is 7.50. The van der Waals surface area contributed by atoms with Gasteiger partial charge in [0.1, 0.15) is 4.90 Å². The molecule has 1 aromatic rings. The van der Waals surface area contributed by atoms with Crippen LogP contribution in [0.3, 0.4) is 0 Å². The van der Waals surface area contributed by atoms with Crippen molar-refractivity contribution in [1.29, 1.82) is 0 Å². The van der Waals surface area contributed by atoms with Gasteiger partial charge in [-0.2, -0.15) is 4.31 Å². The van der Waals surface area contributed by atoms with Gasteiger partial charge in [-0.15, -0.1) is 12.4 Å². The lowest BCUT2D eigenvalue weighted by Crippen LogP contribution is -2.48. The number of nitrogens with one attached hydrogen (secondary N) is 1. The van der Waals surface area contributed by atoms with Crippen molar-refractivity contribution in [1.82, 2.24) is 9.62 Å². The summed E-state index contributed by atoms with van der Waals surface area (Å²) >= 11 is 6.22. The lowest BCUT2D eigenvalue weighted by Gasteiger charge is -2.35. The molecule has 3 rings (SSSR count). The van der Waals surface area contributed by atoms with E-state index in [1.54, 1.807) is 23.5 Å². The van der Waals surface area contributed by atoms with Crippen LogP contribution < -0.4 is 5.32 Å². The van der Waals surface area contributed by atoms with Gasteiger partial charge >= 0.3 is 0 Å². The molecule has 2 bridgehead atoms. The van der Waals surface area contributed by atoms with Gasteiger partial charge in [0.25, 0.3) is 0 Å². The minimum atomic E-state index is -3.57. The Kier molecular flexibility index (Phi) is 6.25. The van der Waals surface area contributed by atoms with E-state index in [0.29, 0.717) is 17.1 Å². The molecule has 2 aliphatic heterocycles. The molecule has 2 saturated heterocycles. The third-order valence-corrected chi connectivity index (χ3v) is 7.63. The van der Waals surface area contributed by atoms with Crippen LogP contribution in [0, 0.1) is 0 Å². The standard InChI is InChI=1S/C17H25ClN2O2S.ClH/c1-11(2)12-4-7-16(18)17(8-12)23(21,22)20(3)15-9-13-5-6-14(10-15)19-13;/h4,7-8,11,13-15,19H,5-6,9-10H2,1-3H3;1H. The molecule has 0 spiro atoms. The van der Waals surface area contributed by atoms with Crippen LogP contribution in [0.5, 0.6) is 0 Å². The first-order chi connectivity index (χ1) is 10.8. The van der Waals surface area contributed by atoms with Crippen molar-refractivity contribution in [3.8, 4) is 0 Å². The maximum atomic E-state index is 13.1. The Morgan fingerprint density at radius 2 is 1.79 bits per heavy atom. The number of fused-ring (bicyclic) bond motifs is 2. The molecule has 2 atom stereocenters. The van der Waals surface area contributed by atoms with Gasteiger partial charge in [0.15, 0.2) is 0 Å². The molecular weight excluding hydrogens is 367 g/mol. The van der Waals surface area contributed by atoms with Crippen LogP contribution in [0.2, 0.25) is 5.02 Å². The van der Waals surface area contributed by atoms with Gasteiger partial charge in [-0.25, -0.2) is 8.42 Å². The molecule has 2 unspecified atom stereocenters. The maximum absolute atomic E-state index is 13.1. The summed E-state index contributed by atoms with van der Waals surface area (Å²) in [4.78, 5) is 0.235. The first-order valence-corrected chi connectivity index (χ1v) is 10.1. The second-order valence-electron chi connectivity index (χ2n) is 7.13. The van der Waals surface area contributed by atoms with E-state index in [1.807, 2.05) is 19.9 Å². The summed E-state index contributed by atoms with van der Waals surface area (Å²) in [5, 5.41) is 3.86. The Balaban J connectivity index is 0.00000208. The van der Waals surface area contributed by atoms with E-state index in [1.165, 1.54) is 0 Å². The number of benzene rings is 1. The Morgan fingerprint density at radius 3 is 2.33 bits per heavy atom. The zero-order valence-electron chi connectivity index (χ0n) is 14.3. The molecule has 136 valence electrons. The van der Waals surface area contributed by atoms with Crippen molar-refractivity contribution in [3.05, 3.63) is 28.8 Å². The van der Waals surface area contributed by atoms with E-state index < -0.39 is 10.0 Å². The highest BCUT2D eigenvalue weighted by atomic mass is 35.5. The normalized spacial score (nSPS) is 26.7. The van der Waals surface area contributed by atoms with E-state index in [9.17, 15) is 8.42 Å². The number of hydrogen-bond acceptors (Lipinski definition) is 3. The number of sulfonamides is 1. The van der Waals surface area contributed by atoms with E-state index in [0.717, 1.165) is 31.2 Å². The monoisotopic (exact) mass is 392 g/mol. The van der Waals surface area contributed by atoms with Gasteiger partial charge in [0.2, 0.25) is 10.0 Å². The molecule has 1 aromatic carbocycles. The summed E-state index contributed by atoms with van der Waals surface area (Å²) in [5.74, 6) is 0.265. The topological polar surface area (TPSA) is 49.4 Å². The number of rotatable bonds is 4. The van der Waals surface area contributed by atoms with Crippen LogP contribution >= 0.6 is 24.0 Å². The van der Waals surface area contributed by atoms with Gasteiger partial charge in [0.05, 0.1) is 5.02 Å². The second-order valence-corrected chi connectivity index (χ2v) is 9.50. The third-order valence-electron chi connectivity index (χ3n) is 5.24. The van der Waals surface area contributed by atoms with Crippen molar-refractivity contribution in [2.24, 2.45) is 0 Å². The zero-order chi connectivity index (χ0) is 16.8. The molecule has 4 nitrogen and oxygen atoms in total. The summed E-state index contributed by atoms with van der Waals surface area (Å²) < 4.78 is 27.7. The van der Waals surface area contributed by atoms with Crippen LogP contribution in [0.25, 0.3) is 0 Å². The molecule has 0 saturated carbocycles. The first kappa shape index (κ1) is 20.0. The van der Waals surface area contributed by atoms with Crippen molar-refractivity contribution in [2.75, 3.05) is 7.05 Å². The van der Waals surface area contributed by atoms with Crippen LogP contribution in [0.1, 0.15) is 51.0 Å². The quantitative estimate of drug-likeness (QED) is 0.847. The highest BCUT2D eigenvalue weighted by Crippen LogP contribution is 2.34. The van der Waals surface area contributed by atoms with E-state index in [-0.39, 0.29) is 29.3 Å². The van der Waals surface area contributed by atoms with E-state index in [2.05, 4.69) is 5.32 Å². The van der Waals surface area contributed by atoms with Crippen molar-refractivity contribution >= 4 is 34.0 Å². The Morgan fingerprint density at radius 1 is 1.21 bits per heavy atom. The van der Waals surface area contributed by atoms with Crippen LogP contribution in [-0.2, 0) is 10.0 Å². The molecule has 24 heavy (non-hydrogen) atoms. The molecular formula is C17H26Cl2N2O2S. The van der Waals surface area contributed by atoms with Gasteiger partial charge in [-0.3, -0.25) is 0 Å². The smallest absolute Gasteiger partial charge is 0.244 e. The fourth-order valence-corrected chi connectivity index (χ4v) is 5.64. The zero-order valence-corrected chi connectivity index (χ0v) is 16.7. The van der Waals surface area contributed by atoms with Crippen molar-refractivity contribution in [2.45, 2.75) is 68.5 Å². The molecule has 0 aliphatic carbocycles. The summed E-state index contributed by atoms with van der Waals surface area (Å²) in [5.41, 5.74) is 0.992. The fourth-order valence-electron chi connectivity index (χ4n) is 3.75. The SMILES string of the molecule is CC(C)c1ccc(Cl)c(S(=O)(=O)N(C)C2CC3CCC(C2)N3)c1.Cl. The first-order valence-electron chi connectivity index (χ1n) is 8.32. The molecule has 1 N–H and O–H groups in total. The van der Waals surface area contributed by atoms with Gasteiger partial charge in [0, 0.05) is 25.2 Å². The van der Waals surface area contributed by atoms with Gasteiger partial charge in [-0.05, 0) is 49.3 Å². The van der Waals surface area contributed by atoms with Crippen LogP contribution in [0.15, 0.2) is 23.1 Å². The largest absolute Gasteiger partial charge is 0.311 e. The third kappa shape index (κ3) is 3.75. The fraction of sp³-hybridized carbons (Fsp3) is 0.647. The van der Waals surface area contributed by atoms with E-state index in [4.69, 9.17) is 11.6 Å². The Bertz CT molecular complexity index is 682. The number of nitrogens with zero attached hydrogens (tertiary/aromatic N) is 1. The average Bonchev–Trinajstić information content (AvgIpc) is 2.84. The molecule has 0 aromatic heterocycles. The Hall–Kier alpha value is -0.330. The maximum Gasteiger partial charge on any atom is 0.244 e. The van der Waals surface area contributed by atoms with Crippen molar-refractivity contribution in [3.63, 3.8) is 0 Å². The molecule has 2 heterocycles. The summed E-state index contributed by atoms with van der Waals surface area (Å²) in [6, 6.07) is 6.29. The number of hydrogen-bond donors (Lipinski definition) is 1. The summed E-state index contributed by atoms with van der Waals surface area (Å²) in [7, 11) is -1.87. The highest BCUT2D eigenvalue weighted by Gasteiger charge is 2.39. The number of halogens is 2. The minimum Gasteiger partial charge on any atom is -0.311 e. The summed E-state index contributed by atoms with van der Waals surface area (Å²) in [6.45, 7) is 4.10. The van der Waals surface area contributed by atoms with Crippen LogP contribution in [0.4, 0.5) is 0 Å². The predicted molar refractivity (Wildman–Crippen MR) is 101 cm³/mol. The predicted octanol–water partition coefficient (Wildman–Crippen LogP) is 3.79. The molecule has 2 aliphatic rings. The lowest BCUT2D eigenvalue weighted by atomic mass is 10.0. The Labute approximate surface area is 156 Å². The highest BCUT2D eigenvalue weighted by molar-refractivity contribution is 7.89. The van der Waals surface area contributed by atoms with Crippen LogP contribution in [-0.4, -0.2) is 37.9 Å². The average molecular weight is 393 g/mol. The molecule has 2 fully saturated rings. The molecule has 7 heteroatoms. The van der Waals surface area contributed by atoms with Crippen molar-refractivity contribution < 1.29 is 8.42 Å². The van der Waals surface area contributed by atoms with E-state index >= 15 is 0 Å².